The van der Waals surface area contributed by atoms with Crippen LogP contribution in [-0.2, 0) is 9.47 Å². The molecule has 0 aliphatic heterocycles. The van der Waals surface area contributed by atoms with E-state index in [0.29, 0.717) is 5.56 Å². The van der Waals surface area contributed by atoms with Crippen LogP contribution in [0.1, 0.15) is 28.8 Å². The molecule has 2 aromatic rings. The van der Waals surface area contributed by atoms with Crippen molar-refractivity contribution in [2.45, 2.75) is 38.0 Å². The van der Waals surface area contributed by atoms with Crippen LogP contribution in [0.3, 0.4) is 0 Å². The summed E-state index contributed by atoms with van der Waals surface area (Å²) in [5.41, 5.74) is 4.05. The first-order valence-corrected chi connectivity index (χ1v) is 8.64. The lowest BCUT2D eigenvalue weighted by molar-refractivity contribution is -0.0157. The van der Waals surface area contributed by atoms with Crippen LogP contribution in [-0.4, -0.2) is 38.4 Å². The first-order chi connectivity index (χ1) is 12.1. The zero-order chi connectivity index (χ0) is 17.8. The molecule has 0 saturated heterocycles. The third-order valence-electron chi connectivity index (χ3n) is 4.87. The molecule has 0 unspecified atom stereocenters. The van der Waals surface area contributed by atoms with Crippen molar-refractivity contribution in [2.24, 2.45) is 0 Å². The van der Waals surface area contributed by atoms with Gasteiger partial charge >= 0.3 is 0 Å². The Balaban J connectivity index is 1.72. The standard InChI is InChI=1S/C21H25NO3/c1-14-6-4-7-15(10-14)16-8-5-9-17(11-16)21(23)22-18-12-19(24-2)20(13-18)25-3/h4-11,18-20H,12-13H2,1-3H3,(H,22,23)/t19-,20-/m1/s1. The van der Waals surface area contributed by atoms with E-state index in [1.54, 1.807) is 14.2 Å². The van der Waals surface area contributed by atoms with Crippen LogP contribution in [0.2, 0.25) is 0 Å². The van der Waals surface area contributed by atoms with Gasteiger partial charge in [0, 0.05) is 25.8 Å². The van der Waals surface area contributed by atoms with E-state index in [-0.39, 0.29) is 24.2 Å². The SMILES string of the molecule is CO[C@@H]1CC(NC(=O)c2cccc(-c3cccc(C)c3)c2)C[C@H]1OC. The summed E-state index contributed by atoms with van der Waals surface area (Å²) in [6.07, 6.45) is 1.62. The zero-order valence-electron chi connectivity index (χ0n) is 15.0. The van der Waals surface area contributed by atoms with Gasteiger partial charge in [0.05, 0.1) is 12.2 Å². The Bertz CT molecular complexity index is 731. The van der Waals surface area contributed by atoms with Gasteiger partial charge in [-0.25, -0.2) is 0 Å². The minimum Gasteiger partial charge on any atom is -0.379 e. The molecule has 0 aromatic heterocycles. The molecular formula is C21H25NO3. The number of benzene rings is 2. The maximum absolute atomic E-state index is 12.6. The van der Waals surface area contributed by atoms with Crippen LogP contribution in [0.5, 0.6) is 0 Å². The highest BCUT2D eigenvalue weighted by Crippen LogP contribution is 2.26. The lowest BCUT2D eigenvalue weighted by Crippen LogP contribution is -2.33. The molecule has 2 atom stereocenters. The molecule has 4 nitrogen and oxygen atoms in total. The second-order valence-electron chi connectivity index (χ2n) is 6.64. The third kappa shape index (κ3) is 4.09. The molecule has 0 bridgehead atoms. The van der Waals surface area contributed by atoms with Crippen LogP contribution >= 0.6 is 0 Å². The molecule has 4 heteroatoms. The Morgan fingerprint density at radius 3 is 2.16 bits per heavy atom. The van der Waals surface area contributed by atoms with Gasteiger partial charge in [-0.15, -0.1) is 0 Å². The lowest BCUT2D eigenvalue weighted by atomic mass is 10.0. The molecule has 3 rings (SSSR count). The molecule has 132 valence electrons. The average Bonchev–Trinajstić information content (AvgIpc) is 3.03. The number of hydrogen-bond donors (Lipinski definition) is 1. The van der Waals surface area contributed by atoms with Gasteiger partial charge in [-0.1, -0.05) is 42.0 Å². The van der Waals surface area contributed by atoms with Crippen molar-refractivity contribution < 1.29 is 14.3 Å². The number of ether oxygens (including phenoxy) is 2. The Morgan fingerprint density at radius 1 is 0.960 bits per heavy atom. The molecule has 0 radical (unpaired) electrons. The van der Waals surface area contributed by atoms with E-state index in [1.165, 1.54) is 5.56 Å². The van der Waals surface area contributed by atoms with E-state index in [2.05, 4.69) is 30.4 Å². The van der Waals surface area contributed by atoms with Crippen LogP contribution in [0, 0.1) is 6.92 Å². The molecular weight excluding hydrogens is 314 g/mol. The van der Waals surface area contributed by atoms with Gasteiger partial charge in [-0.2, -0.15) is 0 Å². The highest BCUT2D eigenvalue weighted by atomic mass is 16.5. The summed E-state index contributed by atoms with van der Waals surface area (Å²) in [6.45, 7) is 2.07. The number of carbonyl (C=O) groups excluding carboxylic acids is 1. The van der Waals surface area contributed by atoms with Crippen LogP contribution in [0.25, 0.3) is 11.1 Å². The third-order valence-corrected chi connectivity index (χ3v) is 4.87. The fraction of sp³-hybridized carbons (Fsp3) is 0.381. The summed E-state index contributed by atoms with van der Waals surface area (Å²) in [6, 6.07) is 16.1. The fourth-order valence-electron chi connectivity index (χ4n) is 3.51. The first-order valence-electron chi connectivity index (χ1n) is 8.64. The van der Waals surface area contributed by atoms with Crippen molar-refractivity contribution in [1.29, 1.82) is 0 Å². The zero-order valence-corrected chi connectivity index (χ0v) is 15.0. The molecule has 0 heterocycles. The largest absolute Gasteiger partial charge is 0.379 e. The Labute approximate surface area is 149 Å². The number of aryl methyl sites for hydroxylation is 1. The molecule has 0 spiro atoms. The minimum atomic E-state index is -0.0499. The van der Waals surface area contributed by atoms with Gasteiger partial charge in [0.25, 0.3) is 5.91 Å². The van der Waals surface area contributed by atoms with Gasteiger partial charge in [-0.3, -0.25) is 4.79 Å². The second-order valence-corrected chi connectivity index (χ2v) is 6.64. The summed E-state index contributed by atoms with van der Waals surface area (Å²) < 4.78 is 10.9. The number of hydrogen-bond acceptors (Lipinski definition) is 3. The summed E-state index contributed by atoms with van der Waals surface area (Å²) >= 11 is 0. The van der Waals surface area contributed by atoms with E-state index in [0.717, 1.165) is 24.0 Å². The molecule has 1 N–H and O–H groups in total. The predicted octanol–water partition coefficient (Wildman–Crippen LogP) is 3.58. The second kappa shape index (κ2) is 7.81. The van der Waals surface area contributed by atoms with E-state index >= 15 is 0 Å². The van der Waals surface area contributed by atoms with Crippen molar-refractivity contribution in [3.05, 3.63) is 59.7 Å². The van der Waals surface area contributed by atoms with Crippen molar-refractivity contribution in [3.63, 3.8) is 0 Å². The summed E-state index contributed by atoms with van der Waals surface area (Å²) in [5, 5.41) is 3.11. The topological polar surface area (TPSA) is 47.6 Å². The number of amides is 1. The van der Waals surface area contributed by atoms with Gasteiger partial charge in [0.1, 0.15) is 0 Å². The molecule has 25 heavy (non-hydrogen) atoms. The van der Waals surface area contributed by atoms with Crippen molar-refractivity contribution in [1.82, 2.24) is 5.32 Å². The maximum atomic E-state index is 12.6. The van der Waals surface area contributed by atoms with Gasteiger partial charge in [0.15, 0.2) is 0 Å². The highest BCUT2D eigenvalue weighted by molar-refractivity contribution is 5.95. The molecule has 1 aliphatic carbocycles. The molecule has 1 amide bonds. The van der Waals surface area contributed by atoms with Crippen molar-refractivity contribution in [2.75, 3.05) is 14.2 Å². The van der Waals surface area contributed by atoms with Crippen molar-refractivity contribution in [3.8, 4) is 11.1 Å². The molecule has 1 saturated carbocycles. The van der Waals surface area contributed by atoms with Crippen LogP contribution in [0.4, 0.5) is 0 Å². The average molecular weight is 339 g/mol. The number of methoxy groups -OCH3 is 2. The van der Waals surface area contributed by atoms with E-state index in [1.807, 2.05) is 30.3 Å². The minimum absolute atomic E-state index is 0.0360. The van der Waals surface area contributed by atoms with Crippen LogP contribution < -0.4 is 5.32 Å². The smallest absolute Gasteiger partial charge is 0.251 e. The van der Waals surface area contributed by atoms with Gasteiger partial charge in [0.2, 0.25) is 0 Å². The van der Waals surface area contributed by atoms with Gasteiger partial charge < -0.3 is 14.8 Å². The van der Waals surface area contributed by atoms with Crippen LogP contribution in [0.15, 0.2) is 48.5 Å². The Kier molecular flexibility index (Phi) is 5.51. The Hall–Kier alpha value is -2.17. The monoisotopic (exact) mass is 339 g/mol. The predicted molar refractivity (Wildman–Crippen MR) is 98.7 cm³/mol. The van der Waals surface area contributed by atoms with Gasteiger partial charge in [-0.05, 0) is 43.0 Å². The maximum Gasteiger partial charge on any atom is 0.251 e. The lowest BCUT2D eigenvalue weighted by Gasteiger charge is -2.14. The fourth-order valence-corrected chi connectivity index (χ4v) is 3.51. The number of nitrogens with one attached hydrogen (secondary N) is 1. The molecule has 1 fully saturated rings. The quantitative estimate of drug-likeness (QED) is 0.906. The van der Waals surface area contributed by atoms with E-state index < -0.39 is 0 Å². The summed E-state index contributed by atoms with van der Waals surface area (Å²) in [5.74, 6) is -0.0499. The number of rotatable bonds is 5. The summed E-state index contributed by atoms with van der Waals surface area (Å²) in [7, 11) is 3.37. The van der Waals surface area contributed by atoms with E-state index in [9.17, 15) is 4.79 Å². The molecule has 1 aliphatic rings. The highest BCUT2D eigenvalue weighted by Gasteiger charge is 2.35. The normalized spacial score (nSPS) is 20.6. The summed E-state index contributed by atoms with van der Waals surface area (Å²) in [4.78, 5) is 12.6. The first kappa shape index (κ1) is 17.6. The number of carbonyl (C=O) groups is 1. The van der Waals surface area contributed by atoms with E-state index in [4.69, 9.17) is 9.47 Å². The van der Waals surface area contributed by atoms with Crippen molar-refractivity contribution >= 4 is 5.91 Å². The molecule has 2 aromatic carbocycles. The Morgan fingerprint density at radius 2 is 1.56 bits per heavy atom.